The Balaban J connectivity index is 0.730. The van der Waals surface area contributed by atoms with Crippen LogP contribution in [0.25, 0.3) is 165 Å². The van der Waals surface area contributed by atoms with Gasteiger partial charge in [0.1, 0.15) is 0 Å². The first-order valence-corrected chi connectivity index (χ1v) is 46.2. The van der Waals surface area contributed by atoms with E-state index in [-0.39, 0.29) is 53.1 Å². The second kappa shape index (κ2) is 27.4. The van der Waals surface area contributed by atoms with Crippen LogP contribution in [-0.4, -0.2) is 35.8 Å². The molecule has 14 aromatic carbocycles. The number of benzene rings is 14. The second-order valence-electron chi connectivity index (χ2n) is 44.2. The first-order chi connectivity index (χ1) is 58.7. The van der Waals surface area contributed by atoms with E-state index < -0.39 is 9.84 Å². The van der Waals surface area contributed by atoms with E-state index in [2.05, 4.69) is 412 Å². The van der Waals surface area contributed by atoms with Gasteiger partial charge in [-0.2, -0.15) is 0 Å². The van der Waals surface area contributed by atoms with Crippen LogP contribution in [0.15, 0.2) is 277 Å². The van der Waals surface area contributed by atoms with Gasteiger partial charge in [0.15, 0.2) is 0 Å². The third-order valence-corrected chi connectivity index (χ3v) is 29.1. The van der Waals surface area contributed by atoms with Crippen molar-refractivity contribution in [2.45, 2.75) is 219 Å². The Labute approximate surface area is 736 Å². The van der Waals surface area contributed by atoms with Crippen LogP contribution in [0.5, 0.6) is 0 Å². The molecule has 6 heterocycles. The molecular formula is C116H116N6O2S. The molecule has 0 aliphatic heterocycles. The van der Waals surface area contributed by atoms with Crippen molar-refractivity contribution in [3.8, 4) is 34.1 Å². The zero-order valence-electron chi connectivity index (χ0n) is 77.3. The lowest BCUT2D eigenvalue weighted by molar-refractivity contribution is 0.590. The Morgan fingerprint density at radius 2 is 0.272 bits per heavy atom. The molecule has 0 radical (unpaired) electrons. The van der Waals surface area contributed by atoms with Crippen LogP contribution in [0.4, 0.5) is 0 Å². The minimum atomic E-state index is -4.07. The molecule has 0 aliphatic rings. The van der Waals surface area contributed by atoms with E-state index in [4.69, 9.17) is 0 Å². The van der Waals surface area contributed by atoms with Crippen molar-refractivity contribution in [3.05, 3.63) is 311 Å². The fourth-order valence-corrected chi connectivity index (χ4v) is 21.0. The van der Waals surface area contributed by atoms with E-state index >= 15 is 8.42 Å². The Morgan fingerprint density at radius 3 is 0.416 bits per heavy atom. The molecule has 0 amide bonds. The molecule has 20 rings (SSSR count). The van der Waals surface area contributed by atoms with Gasteiger partial charge in [-0.05, 0) is 306 Å². The van der Waals surface area contributed by atoms with Crippen molar-refractivity contribution in [1.82, 2.24) is 27.4 Å². The largest absolute Gasteiger partial charge is 0.309 e. The molecule has 0 aliphatic carbocycles. The van der Waals surface area contributed by atoms with Crippen LogP contribution in [0, 0.1) is 0 Å². The van der Waals surface area contributed by atoms with Crippen LogP contribution in [0.3, 0.4) is 0 Å². The fourth-order valence-electron chi connectivity index (χ4n) is 19.7. The van der Waals surface area contributed by atoms with Gasteiger partial charge in [-0.1, -0.05) is 215 Å². The standard InChI is InChI=1S/C116H116N6O2S/c1-109(2,3)69-25-45-97-85(57-69)86-58-70(110(4,5)6)26-46-98(86)119(97)79-37-53-105-93(65-79)94-66-80(120-99-47-27-71(111(7,8)9)59-87(99)88-60-72(112(10,11)12)28-48-100(88)120)38-54-106(94)117(105)77-33-41-83(42-34-77)125(123,124)84-43-35-78(36-44-84)118-107-55-39-81(121-101-49-29-73(113(13,14)15)61-89(101)90-62-74(114(16,17)18)30-50-102(90)121)67-95(107)96-68-82(40-56-108(96)118)122-103-51-31-75(115(19,20)21)63-91(103)92-64-76(116(22,23)24)32-52-104(92)122/h25-68H,1-24H3. The summed E-state index contributed by atoms with van der Waals surface area (Å²) in [5.41, 5.74) is 29.2. The molecule has 0 N–H and O–H groups in total. The summed E-state index contributed by atoms with van der Waals surface area (Å²) < 4.78 is 45.5. The molecule has 0 saturated heterocycles. The summed E-state index contributed by atoms with van der Waals surface area (Å²) in [6, 6.07) is 99.2. The molecule has 6 aromatic heterocycles. The van der Waals surface area contributed by atoms with Gasteiger partial charge in [0.05, 0.1) is 76.0 Å². The molecule has 0 atom stereocenters. The lowest BCUT2D eigenvalue weighted by atomic mass is 9.85. The van der Waals surface area contributed by atoms with E-state index in [0.29, 0.717) is 0 Å². The maximum atomic E-state index is 15.5. The number of sulfone groups is 1. The van der Waals surface area contributed by atoms with Crippen molar-refractivity contribution >= 4 is 141 Å². The van der Waals surface area contributed by atoms with E-state index in [9.17, 15) is 0 Å². The number of fused-ring (bicyclic) bond motifs is 18. The minimum absolute atomic E-state index is 0.0490. The summed E-state index contributed by atoms with van der Waals surface area (Å²) in [5, 5.41) is 14.2. The van der Waals surface area contributed by atoms with Gasteiger partial charge in [0.25, 0.3) is 0 Å². The third kappa shape index (κ3) is 13.2. The number of hydrogen-bond donors (Lipinski definition) is 0. The first-order valence-electron chi connectivity index (χ1n) is 44.8. The highest BCUT2D eigenvalue weighted by Crippen LogP contribution is 2.48. The maximum Gasteiger partial charge on any atom is 0.206 e. The smallest absolute Gasteiger partial charge is 0.206 e. The number of nitrogens with zero attached hydrogens (tertiary/aromatic N) is 6. The molecule has 8 nitrogen and oxygen atoms in total. The third-order valence-electron chi connectivity index (χ3n) is 27.3. The summed E-state index contributed by atoms with van der Waals surface area (Å²) in [4.78, 5) is 0.428. The summed E-state index contributed by atoms with van der Waals surface area (Å²) in [7, 11) is -4.07. The number of rotatable bonds is 8. The van der Waals surface area contributed by atoms with Crippen molar-refractivity contribution in [3.63, 3.8) is 0 Å². The molecule has 0 bridgehead atoms. The molecule has 0 spiro atoms. The summed E-state index contributed by atoms with van der Waals surface area (Å²) in [6.45, 7) is 55.1. The molecule has 20 aromatic rings. The van der Waals surface area contributed by atoms with Crippen molar-refractivity contribution in [1.29, 1.82) is 0 Å². The highest BCUT2D eigenvalue weighted by atomic mass is 32.2. The maximum absolute atomic E-state index is 15.5. The van der Waals surface area contributed by atoms with E-state index in [1.54, 1.807) is 24.3 Å². The zero-order chi connectivity index (χ0) is 88.2. The Morgan fingerprint density at radius 1 is 0.152 bits per heavy atom. The molecule has 0 fully saturated rings. The lowest BCUT2D eigenvalue weighted by Crippen LogP contribution is -2.10. The van der Waals surface area contributed by atoms with Crippen LogP contribution in [0.1, 0.15) is 211 Å². The highest BCUT2D eigenvalue weighted by molar-refractivity contribution is 7.91. The van der Waals surface area contributed by atoms with Crippen molar-refractivity contribution in [2.24, 2.45) is 0 Å². The number of aromatic nitrogens is 6. The SMILES string of the molecule is CC(C)(C)c1ccc2c(c1)c1cc(C(C)(C)C)ccc1n2-c1ccc2c(c1)c1cc(-n3c4ccc(C(C)(C)C)cc4c4cc(C(C)(C)C)ccc43)ccc1n2-c1ccc(S(=O)(=O)c2ccc(-n3c4ccc(-n5c6ccc(C(C)(C)C)cc6c6cc(C(C)(C)C)ccc65)cc4c4cc(-n5c6ccc(C(C)(C)C)cc6c6cc(C(C)(C)C)ccc65)ccc43)cc2)cc1. The minimum Gasteiger partial charge on any atom is -0.309 e. The van der Waals surface area contributed by atoms with Crippen molar-refractivity contribution in [2.75, 3.05) is 0 Å². The quantitative estimate of drug-likeness (QED) is 0.152. The van der Waals surface area contributed by atoms with Gasteiger partial charge in [-0.3, -0.25) is 0 Å². The van der Waals surface area contributed by atoms with Gasteiger partial charge in [0, 0.05) is 98.8 Å². The molecule has 125 heavy (non-hydrogen) atoms. The molecule has 9 heteroatoms. The molecule has 0 unspecified atom stereocenters. The first kappa shape index (κ1) is 81.2. The summed E-state index contributed by atoms with van der Waals surface area (Å²) in [6.07, 6.45) is 0. The fraction of sp³-hybridized carbons (Fsp3) is 0.276. The average Bonchev–Trinajstić information content (AvgIpc) is 1.56. The van der Waals surface area contributed by atoms with Gasteiger partial charge in [-0.15, -0.1) is 0 Å². The molecule has 0 saturated carbocycles. The van der Waals surface area contributed by atoms with Crippen LogP contribution in [-0.2, 0) is 53.2 Å². The van der Waals surface area contributed by atoms with Crippen LogP contribution < -0.4 is 0 Å². The predicted molar refractivity (Wildman–Crippen MR) is 534 cm³/mol. The van der Waals surface area contributed by atoms with Crippen LogP contribution in [0.2, 0.25) is 0 Å². The van der Waals surface area contributed by atoms with E-state index in [1.165, 1.54) is 87.6 Å². The van der Waals surface area contributed by atoms with E-state index in [1.807, 2.05) is 24.3 Å². The van der Waals surface area contributed by atoms with Gasteiger partial charge in [-0.25, -0.2) is 8.42 Å². The summed E-state index contributed by atoms with van der Waals surface area (Å²) >= 11 is 0. The zero-order valence-corrected chi connectivity index (χ0v) is 78.1. The van der Waals surface area contributed by atoms with Gasteiger partial charge < -0.3 is 27.4 Å². The monoisotopic (exact) mass is 1660 g/mol. The molecular weight excluding hydrogens is 1540 g/mol. The average molecular weight is 1660 g/mol. The van der Waals surface area contributed by atoms with Crippen LogP contribution >= 0.6 is 0 Å². The van der Waals surface area contributed by atoms with Crippen molar-refractivity contribution < 1.29 is 8.42 Å². The molecule has 628 valence electrons. The topological polar surface area (TPSA) is 63.7 Å². The Bertz CT molecular complexity index is 6910. The Kier molecular flexibility index (Phi) is 17.8. The van der Waals surface area contributed by atoms with Gasteiger partial charge in [0.2, 0.25) is 9.84 Å². The second-order valence-corrected chi connectivity index (χ2v) is 46.1. The Hall–Kier alpha value is -12.2. The highest BCUT2D eigenvalue weighted by Gasteiger charge is 2.31. The normalized spacial score (nSPS) is 13.5. The van der Waals surface area contributed by atoms with Gasteiger partial charge >= 0.3 is 0 Å². The predicted octanol–water partition coefficient (Wildman–Crippen LogP) is 31.5. The summed E-state index contributed by atoms with van der Waals surface area (Å²) in [5.74, 6) is 0. The number of hydrogen-bond acceptors (Lipinski definition) is 2. The lowest BCUT2D eigenvalue weighted by Gasteiger charge is -2.19. The van der Waals surface area contributed by atoms with E-state index in [0.717, 1.165) is 122 Å².